The number of fused-ring (bicyclic) bond motifs is 1. The Labute approximate surface area is 188 Å². The van der Waals surface area contributed by atoms with Crippen molar-refractivity contribution in [2.75, 3.05) is 5.32 Å². The summed E-state index contributed by atoms with van der Waals surface area (Å²) >= 11 is 3.39. The summed E-state index contributed by atoms with van der Waals surface area (Å²) in [6.45, 7) is 2.28. The van der Waals surface area contributed by atoms with Gasteiger partial charge >= 0.3 is 0 Å². The number of rotatable bonds is 6. The highest BCUT2D eigenvalue weighted by molar-refractivity contribution is 9.10. The first-order chi connectivity index (χ1) is 15.0. The summed E-state index contributed by atoms with van der Waals surface area (Å²) in [5, 5.41) is 5.81. The molecule has 7 heteroatoms. The number of nitrogens with one attached hydrogen (secondary N) is 2. The minimum Gasteiger partial charge on any atom is -0.345 e. The molecule has 156 valence electrons. The molecule has 0 saturated carbocycles. The van der Waals surface area contributed by atoms with Crippen LogP contribution in [-0.2, 0) is 17.9 Å². The molecule has 0 aliphatic heterocycles. The topological polar surface area (TPSA) is 76.0 Å². The van der Waals surface area contributed by atoms with Gasteiger partial charge in [-0.1, -0.05) is 45.8 Å². The Kier molecular flexibility index (Phi) is 6.13. The number of hydrogen-bond donors (Lipinski definition) is 2. The summed E-state index contributed by atoms with van der Waals surface area (Å²) in [4.78, 5) is 29.8. The van der Waals surface area contributed by atoms with E-state index in [-0.39, 0.29) is 24.9 Å². The fourth-order valence-electron chi connectivity index (χ4n) is 3.28. The van der Waals surface area contributed by atoms with Crippen molar-refractivity contribution in [3.05, 3.63) is 94.2 Å². The monoisotopic (exact) mass is 476 g/mol. The number of aryl methyl sites for hydroxylation is 1. The molecule has 0 spiro atoms. The molecule has 0 atom stereocenters. The number of amides is 2. The van der Waals surface area contributed by atoms with Gasteiger partial charge in [-0.2, -0.15) is 0 Å². The molecule has 3 aromatic carbocycles. The number of imidazole rings is 1. The Bertz CT molecular complexity index is 1230. The highest BCUT2D eigenvalue weighted by Gasteiger charge is 2.15. The molecule has 0 bridgehead atoms. The van der Waals surface area contributed by atoms with Crippen LogP contribution in [0.1, 0.15) is 21.7 Å². The van der Waals surface area contributed by atoms with E-state index >= 15 is 0 Å². The molecule has 1 heterocycles. The number of para-hydroxylation sites is 2. The fourth-order valence-corrected chi connectivity index (χ4v) is 3.54. The Balaban J connectivity index is 1.52. The fraction of sp³-hybridized carbons (Fsp3) is 0.125. The second-order valence-electron chi connectivity index (χ2n) is 7.21. The minimum absolute atomic E-state index is 0.0896. The molecular weight excluding hydrogens is 456 g/mol. The number of halogens is 1. The molecule has 6 nitrogen and oxygen atoms in total. The third-order valence-electron chi connectivity index (χ3n) is 4.88. The van der Waals surface area contributed by atoms with Crippen LogP contribution in [0.3, 0.4) is 0 Å². The van der Waals surface area contributed by atoms with Crippen molar-refractivity contribution in [2.45, 2.75) is 20.0 Å². The van der Waals surface area contributed by atoms with Crippen molar-refractivity contribution < 1.29 is 9.59 Å². The van der Waals surface area contributed by atoms with Crippen LogP contribution >= 0.6 is 15.9 Å². The average Bonchev–Trinajstić information content (AvgIpc) is 3.11. The van der Waals surface area contributed by atoms with Crippen LogP contribution < -0.4 is 10.6 Å². The van der Waals surface area contributed by atoms with Gasteiger partial charge in [0.25, 0.3) is 5.91 Å². The lowest BCUT2D eigenvalue weighted by Crippen LogP contribution is -2.26. The van der Waals surface area contributed by atoms with Crippen molar-refractivity contribution in [1.82, 2.24) is 14.9 Å². The first-order valence-electron chi connectivity index (χ1n) is 9.84. The highest BCUT2D eigenvalue weighted by Crippen LogP contribution is 2.18. The van der Waals surface area contributed by atoms with Crippen LogP contribution in [0.4, 0.5) is 5.69 Å². The Morgan fingerprint density at radius 1 is 0.968 bits per heavy atom. The van der Waals surface area contributed by atoms with E-state index < -0.39 is 0 Å². The molecule has 0 aliphatic carbocycles. The van der Waals surface area contributed by atoms with Gasteiger partial charge in [-0.15, -0.1) is 0 Å². The van der Waals surface area contributed by atoms with Gasteiger partial charge < -0.3 is 15.2 Å². The van der Waals surface area contributed by atoms with E-state index in [1.54, 1.807) is 12.1 Å². The van der Waals surface area contributed by atoms with E-state index in [0.717, 1.165) is 21.1 Å². The molecule has 0 saturated heterocycles. The summed E-state index contributed by atoms with van der Waals surface area (Å²) in [7, 11) is 0. The quantitative estimate of drug-likeness (QED) is 0.424. The first-order valence-corrected chi connectivity index (χ1v) is 10.6. The molecule has 0 radical (unpaired) electrons. The van der Waals surface area contributed by atoms with Gasteiger partial charge in [0, 0.05) is 15.7 Å². The van der Waals surface area contributed by atoms with Gasteiger partial charge in [0.15, 0.2) is 0 Å². The third-order valence-corrected chi connectivity index (χ3v) is 5.41. The summed E-state index contributed by atoms with van der Waals surface area (Å²) in [5.74, 6) is 0.266. The Morgan fingerprint density at radius 2 is 1.68 bits per heavy atom. The van der Waals surface area contributed by atoms with Crippen LogP contribution in [0.2, 0.25) is 0 Å². The Morgan fingerprint density at radius 3 is 2.42 bits per heavy atom. The zero-order chi connectivity index (χ0) is 21.8. The third kappa shape index (κ3) is 5.00. The van der Waals surface area contributed by atoms with E-state index in [9.17, 15) is 9.59 Å². The van der Waals surface area contributed by atoms with Gasteiger partial charge in [-0.25, -0.2) is 4.98 Å². The van der Waals surface area contributed by atoms with Crippen molar-refractivity contribution >= 4 is 44.5 Å². The summed E-state index contributed by atoms with van der Waals surface area (Å²) < 4.78 is 2.77. The maximum Gasteiger partial charge on any atom is 0.251 e. The SMILES string of the molecule is Cc1ccc(C(=O)NCc2nc3ccccc3n2CC(=O)Nc2ccc(Br)cc2)cc1. The van der Waals surface area contributed by atoms with Gasteiger partial charge in [-0.05, 0) is 55.5 Å². The molecule has 4 rings (SSSR count). The van der Waals surface area contributed by atoms with Crippen LogP contribution in [0.25, 0.3) is 11.0 Å². The lowest BCUT2D eigenvalue weighted by molar-refractivity contribution is -0.116. The normalized spacial score (nSPS) is 10.8. The number of aromatic nitrogens is 2. The molecule has 0 aliphatic rings. The minimum atomic E-state index is -0.182. The van der Waals surface area contributed by atoms with Gasteiger partial charge in [-0.3, -0.25) is 9.59 Å². The standard InChI is InChI=1S/C24H21BrN4O2/c1-16-6-8-17(9-7-16)24(31)26-14-22-28-20-4-2-3-5-21(20)29(22)15-23(30)27-19-12-10-18(25)11-13-19/h2-13H,14-15H2,1H3,(H,26,31)(H,27,30). The van der Waals surface area contributed by atoms with Crippen molar-refractivity contribution in [2.24, 2.45) is 0 Å². The number of carbonyl (C=O) groups excluding carboxylic acids is 2. The van der Waals surface area contributed by atoms with Crippen LogP contribution in [0, 0.1) is 6.92 Å². The number of benzene rings is 3. The van der Waals surface area contributed by atoms with E-state index in [2.05, 4.69) is 31.5 Å². The zero-order valence-electron chi connectivity index (χ0n) is 16.9. The zero-order valence-corrected chi connectivity index (χ0v) is 18.5. The first kappa shape index (κ1) is 20.8. The lowest BCUT2D eigenvalue weighted by Gasteiger charge is -2.11. The van der Waals surface area contributed by atoms with Crippen LogP contribution in [0.15, 0.2) is 77.3 Å². The largest absolute Gasteiger partial charge is 0.345 e. The smallest absolute Gasteiger partial charge is 0.251 e. The average molecular weight is 477 g/mol. The van der Waals surface area contributed by atoms with Crippen molar-refractivity contribution in [3.63, 3.8) is 0 Å². The van der Waals surface area contributed by atoms with E-state index in [1.165, 1.54) is 0 Å². The molecule has 2 N–H and O–H groups in total. The second-order valence-corrected chi connectivity index (χ2v) is 8.12. The van der Waals surface area contributed by atoms with Crippen molar-refractivity contribution in [3.8, 4) is 0 Å². The van der Waals surface area contributed by atoms with Crippen molar-refractivity contribution in [1.29, 1.82) is 0 Å². The Hall–Kier alpha value is -3.45. The molecule has 1 aromatic heterocycles. The van der Waals surface area contributed by atoms with Gasteiger partial charge in [0.1, 0.15) is 12.4 Å². The molecule has 2 amide bonds. The van der Waals surface area contributed by atoms with E-state index in [1.807, 2.05) is 72.2 Å². The number of hydrogen-bond acceptors (Lipinski definition) is 3. The van der Waals surface area contributed by atoms with E-state index in [0.29, 0.717) is 17.1 Å². The molecule has 4 aromatic rings. The number of carbonyl (C=O) groups is 2. The van der Waals surface area contributed by atoms with Gasteiger partial charge in [0.05, 0.1) is 17.6 Å². The van der Waals surface area contributed by atoms with E-state index in [4.69, 9.17) is 0 Å². The maximum absolute atomic E-state index is 12.7. The molecule has 0 fully saturated rings. The summed E-state index contributed by atoms with van der Waals surface area (Å²) in [5.41, 5.74) is 4.01. The second kappa shape index (κ2) is 9.14. The van der Waals surface area contributed by atoms with Gasteiger partial charge in [0.2, 0.25) is 5.91 Å². The summed E-state index contributed by atoms with van der Waals surface area (Å²) in [6.07, 6.45) is 0. The number of nitrogens with zero attached hydrogens (tertiary/aromatic N) is 2. The maximum atomic E-state index is 12.7. The predicted octanol–water partition coefficient (Wildman–Crippen LogP) is 4.68. The van der Waals surface area contributed by atoms with Crippen LogP contribution in [-0.4, -0.2) is 21.4 Å². The number of anilines is 1. The summed E-state index contributed by atoms with van der Waals surface area (Å²) in [6, 6.07) is 22.4. The molecular formula is C24H21BrN4O2. The predicted molar refractivity (Wildman–Crippen MR) is 125 cm³/mol. The molecule has 0 unspecified atom stereocenters. The lowest BCUT2D eigenvalue weighted by atomic mass is 10.1. The van der Waals surface area contributed by atoms with Crippen LogP contribution in [0.5, 0.6) is 0 Å². The highest BCUT2D eigenvalue weighted by atomic mass is 79.9. The molecule has 31 heavy (non-hydrogen) atoms.